The average Bonchev–Trinajstić information content (AvgIpc) is 3.02. The molecule has 1 aliphatic rings. The Balaban J connectivity index is 1.84. The number of furan rings is 1. The minimum Gasteiger partial charge on any atom is -0.457 e. The van der Waals surface area contributed by atoms with Gasteiger partial charge in [0.1, 0.15) is 0 Å². The number of amides is 1. The van der Waals surface area contributed by atoms with Crippen LogP contribution < -0.4 is 0 Å². The quantitative estimate of drug-likeness (QED) is 0.778. The van der Waals surface area contributed by atoms with Crippen molar-refractivity contribution in [2.24, 2.45) is 0 Å². The number of alkyl halides is 3. The monoisotopic (exact) mass is 364 g/mol. The van der Waals surface area contributed by atoms with E-state index < -0.39 is 12.0 Å². The van der Waals surface area contributed by atoms with Gasteiger partial charge in [0.25, 0.3) is 5.91 Å². The molecule has 0 aromatic carbocycles. The van der Waals surface area contributed by atoms with Gasteiger partial charge in [0, 0.05) is 13.1 Å². The van der Waals surface area contributed by atoms with Crippen LogP contribution >= 0.6 is 15.9 Å². The maximum absolute atomic E-state index is 12.7. The fourth-order valence-corrected chi connectivity index (χ4v) is 2.57. The highest BCUT2D eigenvalue weighted by atomic mass is 79.9. The van der Waals surface area contributed by atoms with E-state index in [4.69, 9.17) is 4.42 Å². The number of carbonyl (C=O) groups is 1. The Labute approximate surface area is 124 Å². The van der Waals surface area contributed by atoms with Crippen LogP contribution in [0.2, 0.25) is 0 Å². The second-order valence-corrected chi connectivity index (χ2v) is 5.14. The first-order valence-corrected chi connectivity index (χ1v) is 6.69. The molecule has 0 saturated heterocycles. The summed E-state index contributed by atoms with van der Waals surface area (Å²) in [5.74, 6) is -1.26. The van der Waals surface area contributed by atoms with Crippen molar-refractivity contribution in [1.82, 2.24) is 19.7 Å². The summed E-state index contributed by atoms with van der Waals surface area (Å²) in [7, 11) is 0. The summed E-state index contributed by atoms with van der Waals surface area (Å²) in [5.41, 5.74) is 0.319. The van der Waals surface area contributed by atoms with Gasteiger partial charge in [-0.05, 0) is 22.0 Å². The Kier molecular flexibility index (Phi) is 3.27. The summed E-state index contributed by atoms with van der Waals surface area (Å²) in [5, 5.41) is 6.69. The zero-order valence-electron chi connectivity index (χ0n) is 10.4. The first-order chi connectivity index (χ1) is 9.88. The highest BCUT2D eigenvalue weighted by molar-refractivity contribution is 9.10. The van der Waals surface area contributed by atoms with E-state index in [9.17, 15) is 18.0 Å². The van der Waals surface area contributed by atoms with Gasteiger partial charge >= 0.3 is 6.18 Å². The molecule has 2 aromatic rings. The van der Waals surface area contributed by atoms with Gasteiger partial charge in [-0.3, -0.25) is 4.79 Å². The van der Waals surface area contributed by atoms with Gasteiger partial charge in [0.2, 0.25) is 5.82 Å². The predicted molar refractivity (Wildman–Crippen MR) is 66.2 cm³/mol. The number of carbonyl (C=O) groups excluding carboxylic acids is 1. The SMILES string of the molecule is O=C(c1ccoc1Br)N1CCn2c(nnc2C(F)(F)F)C1. The molecule has 21 heavy (non-hydrogen) atoms. The van der Waals surface area contributed by atoms with Crippen molar-refractivity contribution in [1.29, 1.82) is 0 Å². The maximum atomic E-state index is 12.7. The molecule has 3 heterocycles. The zero-order chi connectivity index (χ0) is 15.2. The molecule has 0 N–H and O–H groups in total. The smallest absolute Gasteiger partial charge is 0.451 e. The van der Waals surface area contributed by atoms with Crippen LogP contribution in [0.4, 0.5) is 13.2 Å². The van der Waals surface area contributed by atoms with Crippen LogP contribution in [0.1, 0.15) is 22.0 Å². The van der Waals surface area contributed by atoms with Crippen LogP contribution in [0.5, 0.6) is 0 Å². The molecule has 0 unspecified atom stereocenters. The minimum absolute atomic E-state index is 0.00160. The Morgan fingerprint density at radius 2 is 2.10 bits per heavy atom. The van der Waals surface area contributed by atoms with E-state index in [1.807, 2.05) is 0 Å². The number of halogens is 4. The molecule has 2 aromatic heterocycles. The van der Waals surface area contributed by atoms with E-state index in [0.29, 0.717) is 5.56 Å². The summed E-state index contributed by atoms with van der Waals surface area (Å²) < 4.78 is 44.4. The van der Waals surface area contributed by atoms with E-state index in [-0.39, 0.29) is 36.0 Å². The number of fused-ring (bicyclic) bond motifs is 1. The van der Waals surface area contributed by atoms with Gasteiger partial charge in [-0.15, -0.1) is 10.2 Å². The summed E-state index contributed by atoms with van der Waals surface area (Å²) in [6.45, 7) is 0.114. The van der Waals surface area contributed by atoms with E-state index in [1.165, 1.54) is 17.2 Å². The standard InChI is InChI=1S/C11H8BrF3N4O2/c12-8-6(1-4-21-8)9(20)18-2-3-19-7(5-18)16-17-10(19)11(13,14)15/h1,4H,2-3,5H2. The van der Waals surface area contributed by atoms with Crippen molar-refractivity contribution < 1.29 is 22.4 Å². The van der Waals surface area contributed by atoms with Gasteiger partial charge in [0.15, 0.2) is 10.5 Å². The lowest BCUT2D eigenvalue weighted by Crippen LogP contribution is -2.39. The third-order valence-electron chi connectivity index (χ3n) is 3.14. The number of rotatable bonds is 1. The molecule has 0 saturated carbocycles. The van der Waals surface area contributed by atoms with Crippen LogP contribution in [0.25, 0.3) is 0 Å². The second-order valence-electron chi connectivity index (χ2n) is 4.42. The molecule has 0 bridgehead atoms. The average molecular weight is 365 g/mol. The number of hydrogen-bond acceptors (Lipinski definition) is 4. The van der Waals surface area contributed by atoms with E-state index >= 15 is 0 Å². The van der Waals surface area contributed by atoms with E-state index in [1.54, 1.807) is 0 Å². The highest BCUT2D eigenvalue weighted by Crippen LogP contribution is 2.30. The molecule has 0 spiro atoms. The lowest BCUT2D eigenvalue weighted by atomic mass is 10.2. The van der Waals surface area contributed by atoms with Crippen molar-refractivity contribution in [3.63, 3.8) is 0 Å². The molecule has 0 fully saturated rings. The number of aromatic nitrogens is 3. The van der Waals surface area contributed by atoms with Crippen LogP contribution in [0.15, 0.2) is 21.4 Å². The van der Waals surface area contributed by atoms with Crippen molar-refractivity contribution in [2.75, 3.05) is 6.54 Å². The second kappa shape index (κ2) is 4.86. The first-order valence-electron chi connectivity index (χ1n) is 5.89. The zero-order valence-corrected chi connectivity index (χ0v) is 12.0. The number of nitrogens with zero attached hydrogens (tertiary/aromatic N) is 4. The fraction of sp³-hybridized carbons (Fsp3) is 0.364. The molecule has 0 aliphatic carbocycles. The summed E-state index contributed by atoms with van der Waals surface area (Å²) in [6.07, 6.45) is -3.20. The Morgan fingerprint density at radius 3 is 2.71 bits per heavy atom. The Hall–Kier alpha value is -1.84. The van der Waals surface area contributed by atoms with Gasteiger partial charge in [-0.1, -0.05) is 0 Å². The molecule has 112 valence electrons. The maximum Gasteiger partial charge on any atom is 0.451 e. The van der Waals surface area contributed by atoms with Crippen molar-refractivity contribution in [3.05, 3.63) is 34.2 Å². The minimum atomic E-state index is -4.55. The highest BCUT2D eigenvalue weighted by Gasteiger charge is 2.40. The molecule has 0 radical (unpaired) electrons. The van der Waals surface area contributed by atoms with Gasteiger partial charge < -0.3 is 13.9 Å². The summed E-state index contributed by atoms with van der Waals surface area (Å²) in [6, 6.07) is 1.49. The molecule has 10 heteroatoms. The van der Waals surface area contributed by atoms with Crippen molar-refractivity contribution in [3.8, 4) is 0 Å². The van der Waals surface area contributed by atoms with Crippen LogP contribution in [0, 0.1) is 0 Å². The lowest BCUT2D eigenvalue weighted by Gasteiger charge is -2.27. The lowest BCUT2D eigenvalue weighted by molar-refractivity contribution is -0.147. The molecule has 1 aliphatic heterocycles. The molecular weight excluding hydrogens is 357 g/mol. The normalized spacial score (nSPS) is 15.1. The molecular formula is C11H8BrF3N4O2. The number of hydrogen-bond donors (Lipinski definition) is 0. The van der Waals surface area contributed by atoms with E-state index in [0.717, 1.165) is 4.57 Å². The topological polar surface area (TPSA) is 64.2 Å². The largest absolute Gasteiger partial charge is 0.457 e. The van der Waals surface area contributed by atoms with Crippen LogP contribution in [-0.2, 0) is 19.3 Å². The van der Waals surface area contributed by atoms with Gasteiger partial charge in [-0.2, -0.15) is 13.2 Å². The van der Waals surface area contributed by atoms with Crippen molar-refractivity contribution in [2.45, 2.75) is 19.3 Å². The third kappa shape index (κ3) is 2.43. The molecule has 0 atom stereocenters. The molecule has 6 nitrogen and oxygen atoms in total. The van der Waals surface area contributed by atoms with Crippen molar-refractivity contribution >= 4 is 21.8 Å². The first kappa shape index (κ1) is 14.1. The van der Waals surface area contributed by atoms with Crippen LogP contribution in [0.3, 0.4) is 0 Å². The van der Waals surface area contributed by atoms with Gasteiger partial charge in [0.05, 0.1) is 18.4 Å². The summed E-state index contributed by atoms with van der Waals surface area (Å²) in [4.78, 5) is 13.7. The third-order valence-corrected chi connectivity index (χ3v) is 3.76. The Bertz CT molecular complexity index is 694. The van der Waals surface area contributed by atoms with Crippen LogP contribution in [-0.4, -0.2) is 32.1 Å². The van der Waals surface area contributed by atoms with E-state index in [2.05, 4.69) is 26.1 Å². The predicted octanol–water partition coefficient (Wildman–Crippen LogP) is 2.31. The Morgan fingerprint density at radius 1 is 1.33 bits per heavy atom. The molecule has 1 amide bonds. The fourth-order valence-electron chi connectivity index (χ4n) is 2.16. The molecule has 3 rings (SSSR count). The summed E-state index contributed by atoms with van der Waals surface area (Å²) >= 11 is 3.10. The van der Waals surface area contributed by atoms with Gasteiger partial charge in [-0.25, -0.2) is 0 Å².